The third-order valence-corrected chi connectivity index (χ3v) is 6.74. The first-order chi connectivity index (χ1) is 13.8. The summed E-state index contributed by atoms with van der Waals surface area (Å²) >= 11 is 1.56. The second-order valence-corrected chi connectivity index (χ2v) is 9.61. The first-order valence-electron chi connectivity index (χ1n) is 9.81. The van der Waals surface area contributed by atoms with E-state index in [2.05, 4.69) is 29.1 Å². The number of nitrogens with zero attached hydrogens (tertiary/aromatic N) is 3. The van der Waals surface area contributed by atoms with E-state index in [1.807, 2.05) is 24.1 Å². The third-order valence-electron chi connectivity index (χ3n) is 5.69. The number of rotatable bonds is 5. The van der Waals surface area contributed by atoms with Crippen LogP contribution in [0.4, 0.5) is 9.39 Å². The predicted molar refractivity (Wildman–Crippen MR) is 115 cm³/mol. The lowest BCUT2D eigenvalue weighted by Gasteiger charge is -2.26. The van der Waals surface area contributed by atoms with Gasteiger partial charge in [0.05, 0.1) is 11.2 Å². The molecule has 0 radical (unpaired) electrons. The van der Waals surface area contributed by atoms with Gasteiger partial charge in [-0.25, -0.2) is 4.39 Å². The van der Waals surface area contributed by atoms with E-state index in [1.165, 1.54) is 12.3 Å². The van der Waals surface area contributed by atoms with Gasteiger partial charge in [-0.15, -0.1) is 11.3 Å². The van der Waals surface area contributed by atoms with Gasteiger partial charge >= 0.3 is 0 Å². The van der Waals surface area contributed by atoms with Gasteiger partial charge in [-0.3, -0.25) is 14.8 Å². The van der Waals surface area contributed by atoms with E-state index in [0.29, 0.717) is 12.2 Å². The number of anilines is 1. The summed E-state index contributed by atoms with van der Waals surface area (Å²) in [5.41, 5.74) is 1.54. The first-order valence-corrected chi connectivity index (χ1v) is 10.6. The fourth-order valence-electron chi connectivity index (χ4n) is 4.03. The van der Waals surface area contributed by atoms with Crippen LogP contribution in [-0.2, 0) is 6.54 Å². The summed E-state index contributed by atoms with van der Waals surface area (Å²) in [6.45, 7) is 4.98. The highest BCUT2D eigenvalue weighted by Gasteiger charge is 2.35. The zero-order valence-corrected chi connectivity index (χ0v) is 17.7. The number of thiophene rings is 1. The zero-order chi connectivity index (χ0) is 20.6. The number of hydrogen-bond acceptors (Lipinski definition) is 5. The summed E-state index contributed by atoms with van der Waals surface area (Å²) in [5, 5.41) is 5.06. The highest BCUT2D eigenvalue weighted by Crippen LogP contribution is 2.40. The Bertz CT molecular complexity index is 1050. The van der Waals surface area contributed by atoms with Crippen LogP contribution < -0.4 is 5.32 Å². The summed E-state index contributed by atoms with van der Waals surface area (Å²) in [6, 6.07) is 5.59. The molecule has 0 aliphatic heterocycles. The van der Waals surface area contributed by atoms with E-state index >= 15 is 0 Å². The smallest absolute Gasteiger partial charge is 0.273 e. The summed E-state index contributed by atoms with van der Waals surface area (Å²) in [5.74, 6) is -0.382. The van der Waals surface area contributed by atoms with Crippen molar-refractivity contribution in [2.45, 2.75) is 45.7 Å². The van der Waals surface area contributed by atoms with Crippen LogP contribution in [-0.4, -0.2) is 33.9 Å². The maximum absolute atomic E-state index is 13.3. The summed E-state index contributed by atoms with van der Waals surface area (Å²) in [6.07, 6.45) is 7.70. The van der Waals surface area contributed by atoms with E-state index in [4.69, 9.17) is 0 Å². The average molecular weight is 413 g/mol. The maximum Gasteiger partial charge on any atom is 0.273 e. The van der Waals surface area contributed by atoms with Crippen LogP contribution in [0.5, 0.6) is 0 Å². The SMILES string of the molecule is CN(C(=O)c1nccc2sc(NCc3cncc(F)c3)cc12)C1CCC(C)(C)C1. The third kappa shape index (κ3) is 4.24. The highest BCUT2D eigenvalue weighted by atomic mass is 32.1. The van der Waals surface area contributed by atoms with Crippen molar-refractivity contribution in [3.8, 4) is 0 Å². The fourth-order valence-corrected chi connectivity index (χ4v) is 4.98. The van der Waals surface area contributed by atoms with Gasteiger partial charge in [0.2, 0.25) is 0 Å². The van der Waals surface area contributed by atoms with Crippen LogP contribution in [0.15, 0.2) is 36.8 Å². The number of carbonyl (C=O) groups excluding carboxylic acids is 1. The molecule has 7 heteroatoms. The summed E-state index contributed by atoms with van der Waals surface area (Å²) in [7, 11) is 1.89. The van der Waals surface area contributed by atoms with E-state index in [9.17, 15) is 9.18 Å². The zero-order valence-electron chi connectivity index (χ0n) is 16.9. The number of carbonyl (C=O) groups is 1. The summed E-state index contributed by atoms with van der Waals surface area (Å²) in [4.78, 5) is 23.3. The Balaban J connectivity index is 1.53. The van der Waals surface area contributed by atoms with Crippen molar-refractivity contribution in [3.05, 3.63) is 53.9 Å². The number of halogens is 1. The van der Waals surface area contributed by atoms with Crippen molar-refractivity contribution in [3.63, 3.8) is 0 Å². The topological polar surface area (TPSA) is 58.1 Å². The Hall–Kier alpha value is -2.54. The van der Waals surface area contributed by atoms with Gasteiger partial charge in [-0.1, -0.05) is 13.8 Å². The molecule has 1 amide bonds. The fraction of sp³-hybridized carbons (Fsp3) is 0.409. The van der Waals surface area contributed by atoms with E-state index < -0.39 is 0 Å². The molecule has 4 rings (SSSR count). The lowest BCUT2D eigenvalue weighted by atomic mass is 9.91. The van der Waals surface area contributed by atoms with Crippen molar-refractivity contribution in [1.82, 2.24) is 14.9 Å². The molecule has 1 unspecified atom stereocenters. The molecular formula is C22H25FN4OS. The molecule has 1 saturated carbocycles. The summed E-state index contributed by atoms with van der Waals surface area (Å²) < 4.78 is 14.3. The molecule has 0 saturated heterocycles. The van der Waals surface area contributed by atoms with E-state index in [0.717, 1.165) is 39.9 Å². The minimum Gasteiger partial charge on any atom is -0.373 e. The average Bonchev–Trinajstić information content (AvgIpc) is 3.27. The number of pyridine rings is 2. The maximum atomic E-state index is 13.3. The molecule has 29 heavy (non-hydrogen) atoms. The number of hydrogen-bond donors (Lipinski definition) is 1. The normalized spacial score (nSPS) is 18.1. The van der Waals surface area contributed by atoms with Gasteiger partial charge in [0.15, 0.2) is 0 Å². The highest BCUT2D eigenvalue weighted by molar-refractivity contribution is 7.22. The molecule has 3 aromatic heterocycles. The Labute approximate surface area is 174 Å². The van der Waals surface area contributed by atoms with Crippen LogP contribution in [0.2, 0.25) is 0 Å². The number of nitrogens with one attached hydrogen (secondary N) is 1. The lowest BCUT2D eigenvalue weighted by molar-refractivity contribution is 0.0724. The molecule has 3 aromatic rings. The van der Waals surface area contributed by atoms with Gasteiger partial charge in [0, 0.05) is 42.1 Å². The van der Waals surface area contributed by atoms with Crippen molar-refractivity contribution < 1.29 is 9.18 Å². The van der Waals surface area contributed by atoms with Crippen LogP contribution in [0, 0.1) is 11.2 Å². The minimum atomic E-state index is -0.351. The monoisotopic (exact) mass is 412 g/mol. The van der Waals surface area contributed by atoms with E-state index in [-0.39, 0.29) is 23.2 Å². The minimum absolute atomic E-state index is 0.0306. The largest absolute Gasteiger partial charge is 0.373 e. The molecular weight excluding hydrogens is 387 g/mol. The molecule has 5 nitrogen and oxygen atoms in total. The van der Waals surface area contributed by atoms with Gasteiger partial charge in [-0.2, -0.15) is 0 Å². The second kappa shape index (κ2) is 7.71. The van der Waals surface area contributed by atoms with Crippen molar-refractivity contribution in [2.24, 2.45) is 5.41 Å². The quantitative estimate of drug-likeness (QED) is 0.634. The molecule has 152 valence electrons. The van der Waals surface area contributed by atoms with Gasteiger partial charge in [0.25, 0.3) is 5.91 Å². The number of amides is 1. The molecule has 0 aromatic carbocycles. The Morgan fingerprint density at radius 2 is 2.21 bits per heavy atom. The Kier molecular flexibility index (Phi) is 5.25. The van der Waals surface area contributed by atoms with Crippen LogP contribution in [0.1, 0.15) is 49.2 Å². The van der Waals surface area contributed by atoms with Crippen LogP contribution >= 0.6 is 11.3 Å². The van der Waals surface area contributed by atoms with Gasteiger partial charge < -0.3 is 10.2 Å². The van der Waals surface area contributed by atoms with Crippen LogP contribution in [0.3, 0.4) is 0 Å². The van der Waals surface area contributed by atoms with Crippen molar-refractivity contribution >= 4 is 32.3 Å². The molecule has 0 spiro atoms. The van der Waals surface area contributed by atoms with Crippen LogP contribution in [0.25, 0.3) is 10.1 Å². The first kappa shape index (κ1) is 19.8. The van der Waals surface area contributed by atoms with E-state index in [1.54, 1.807) is 23.7 Å². The molecule has 0 bridgehead atoms. The molecule has 1 N–H and O–H groups in total. The molecule has 3 heterocycles. The predicted octanol–water partition coefficient (Wildman–Crippen LogP) is 5.09. The second-order valence-electron chi connectivity index (χ2n) is 8.52. The van der Waals surface area contributed by atoms with Gasteiger partial charge in [0.1, 0.15) is 11.5 Å². The van der Waals surface area contributed by atoms with Crippen molar-refractivity contribution in [1.29, 1.82) is 0 Å². The molecule has 1 atom stereocenters. The lowest BCUT2D eigenvalue weighted by Crippen LogP contribution is -2.36. The molecule has 1 fully saturated rings. The Morgan fingerprint density at radius 1 is 1.38 bits per heavy atom. The van der Waals surface area contributed by atoms with Crippen molar-refractivity contribution in [2.75, 3.05) is 12.4 Å². The Morgan fingerprint density at radius 3 is 2.93 bits per heavy atom. The van der Waals surface area contributed by atoms with Gasteiger partial charge in [-0.05, 0) is 48.4 Å². The number of fused-ring (bicyclic) bond motifs is 1. The molecule has 1 aliphatic rings. The number of aromatic nitrogens is 2. The molecule has 1 aliphatic carbocycles. The standard InChI is InChI=1S/C22H25FN4OS/c1-22(2)6-4-16(10-22)27(3)21(28)20-17-9-19(29-18(17)5-7-25-20)26-12-14-8-15(23)13-24-11-14/h5,7-9,11,13,16,26H,4,6,10,12H2,1-3H3.